The van der Waals surface area contributed by atoms with Gasteiger partial charge in [-0.3, -0.25) is 4.90 Å². The second-order valence-corrected chi connectivity index (χ2v) is 10.0. The third-order valence-corrected chi connectivity index (χ3v) is 7.72. The van der Waals surface area contributed by atoms with Crippen LogP contribution in [0.2, 0.25) is 5.02 Å². The highest BCUT2D eigenvalue weighted by Gasteiger charge is 2.40. The molecule has 9 heteroatoms. The summed E-state index contributed by atoms with van der Waals surface area (Å²) in [5.74, 6) is 2.82. The van der Waals surface area contributed by atoms with Gasteiger partial charge in [-0.1, -0.05) is 24.6 Å². The molecule has 1 aliphatic heterocycles. The Labute approximate surface area is 210 Å². The minimum absolute atomic E-state index is 0.537. The molecule has 4 aromatic rings. The fourth-order valence-electron chi connectivity index (χ4n) is 5.06. The lowest BCUT2D eigenvalue weighted by molar-refractivity contribution is 0.103. The lowest BCUT2D eigenvalue weighted by Gasteiger charge is -2.37. The van der Waals surface area contributed by atoms with Crippen LogP contribution in [0.3, 0.4) is 0 Å². The number of imidazole rings is 2. The molecule has 0 saturated carbocycles. The fraction of sp³-hybridized carbons (Fsp3) is 0.423. The standard InChI is InChI=1S/C26H31ClN6O2/c1-15-12-33(13-15)14-20-24(27)19-9-18(7-8-21(19)30-25(20)35-6)26(34,22-10-28-16(2)31(22)4)23-11-29-17(3)32(23)5/h7-11,15,34H,12-14H2,1-6H3. The van der Waals surface area contributed by atoms with E-state index in [4.69, 9.17) is 21.3 Å². The summed E-state index contributed by atoms with van der Waals surface area (Å²) in [5, 5.41) is 13.8. The monoisotopic (exact) mass is 494 g/mol. The van der Waals surface area contributed by atoms with Crippen molar-refractivity contribution < 1.29 is 9.84 Å². The Kier molecular flexibility index (Phi) is 5.86. The Morgan fingerprint density at radius 2 is 1.69 bits per heavy atom. The van der Waals surface area contributed by atoms with Crippen LogP contribution in [0.1, 0.15) is 41.1 Å². The molecule has 0 amide bonds. The minimum atomic E-state index is -1.50. The van der Waals surface area contributed by atoms with Gasteiger partial charge in [0.25, 0.3) is 0 Å². The zero-order valence-electron chi connectivity index (χ0n) is 21.0. The zero-order chi connectivity index (χ0) is 25.1. The molecule has 0 spiro atoms. The predicted molar refractivity (Wildman–Crippen MR) is 136 cm³/mol. The second-order valence-electron chi connectivity index (χ2n) is 9.65. The molecule has 0 atom stereocenters. The van der Waals surface area contributed by atoms with Crippen LogP contribution in [0, 0.1) is 19.8 Å². The van der Waals surface area contributed by atoms with Crippen molar-refractivity contribution in [1.29, 1.82) is 0 Å². The largest absolute Gasteiger partial charge is 0.481 e. The van der Waals surface area contributed by atoms with E-state index in [2.05, 4.69) is 21.8 Å². The Balaban J connectivity index is 1.72. The number of methoxy groups -OCH3 is 1. The number of rotatable bonds is 6. The molecule has 35 heavy (non-hydrogen) atoms. The number of halogens is 1. The molecule has 1 fully saturated rings. The van der Waals surface area contributed by atoms with Crippen molar-refractivity contribution in [3.8, 4) is 5.88 Å². The van der Waals surface area contributed by atoms with E-state index in [-0.39, 0.29) is 0 Å². The number of aromatic nitrogens is 5. The number of benzene rings is 1. The maximum Gasteiger partial charge on any atom is 0.219 e. The number of hydrogen-bond acceptors (Lipinski definition) is 6. The molecule has 1 aliphatic rings. The van der Waals surface area contributed by atoms with Crippen LogP contribution >= 0.6 is 11.6 Å². The Bertz CT molecular complexity index is 1370. The second kappa shape index (κ2) is 8.62. The topological polar surface area (TPSA) is 81.2 Å². The van der Waals surface area contributed by atoms with Crippen molar-refractivity contribution in [2.24, 2.45) is 20.0 Å². The molecule has 0 unspecified atom stereocenters. The molecule has 8 nitrogen and oxygen atoms in total. The van der Waals surface area contributed by atoms with Gasteiger partial charge in [-0.05, 0) is 37.5 Å². The first-order valence-corrected chi connectivity index (χ1v) is 12.1. The van der Waals surface area contributed by atoms with E-state index in [0.717, 1.165) is 35.7 Å². The first kappa shape index (κ1) is 23.8. The SMILES string of the molecule is COc1nc2ccc(C(O)(c3cnc(C)n3C)c3cnc(C)n3C)cc2c(Cl)c1CN1CC(C)C1. The van der Waals surface area contributed by atoms with E-state index in [1.807, 2.05) is 55.3 Å². The van der Waals surface area contributed by atoms with E-state index in [9.17, 15) is 5.11 Å². The van der Waals surface area contributed by atoms with Crippen molar-refractivity contribution in [2.45, 2.75) is 32.9 Å². The summed E-state index contributed by atoms with van der Waals surface area (Å²) in [4.78, 5) is 16.0. The van der Waals surface area contributed by atoms with Crippen LogP contribution in [-0.4, -0.2) is 54.3 Å². The molecule has 1 saturated heterocycles. The first-order chi connectivity index (χ1) is 16.6. The fourth-order valence-corrected chi connectivity index (χ4v) is 5.35. The van der Waals surface area contributed by atoms with Gasteiger partial charge in [0, 0.05) is 44.7 Å². The predicted octanol–water partition coefficient (Wildman–Crippen LogP) is 3.72. The van der Waals surface area contributed by atoms with Gasteiger partial charge in [0.2, 0.25) is 5.88 Å². The average molecular weight is 495 g/mol. The maximum absolute atomic E-state index is 12.4. The number of aliphatic hydroxyl groups is 1. The molecule has 184 valence electrons. The number of hydrogen-bond donors (Lipinski definition) is 1. The third-order valence-electron chi connectivity index (χ3n) is 7.29. The Morgan fingerprint density at radius 1 is 1.09 bits per heavy atom. The van der Waals surface area contributed by atoms with Gasteiger partial charge in [-0.25, -0.2) is 15.0 Å². The Morgan fingerprint density at radius 3 is 2.17 bits per heavy atom. The van der Waals surface area contributed by atoms with Crippen molar-refractivity contribution in [2.75, 3.05) is 20.2 Å². The maximum atomic E-state index is 12.4. The highest BCUT2D eigenvalue weighted by molar-refractivity contribution is 6.36. The number of pyridine rings is 1. The smallest absolute Gasteiger partial charge is 0.219 e. The minimum Gasteiger partial charge on any atom is -0.481 e. The number of likely N-dealkylation sites (tertiary alicyclic amines) is 1. The van der Waals surface area contributed by atoms with Gasteiger partial charge in [0.15, 0.2) is 5.60 Å². The van der Waals surface area contributed by atoms with Crippen LogP contribution in [0.25, 0.3) is 10.9 Å². The summed E-state index contributed by atoms with van der Waals surface area (Å²) in [6, 6.07) is 5.69. The number of aryl methyl sites for hydroxylation is 2. The summed E-state index contributed by atoms with van der Waals surface area (Å²) in [5.41, 5.74) is 2.02. The van der Waals surface area contributed by atoms with Gasteiger partial charge in [0.05, 0.1) is 41.4 Å². The van der Waals surface area contributed by atoms with Gasteiger partial charge in [0.1, 0.15) is 11.6 Å². The number of fused-ring (bicyclic) bond motifs is 1. The molecule has 5 rings (SSSR count). The first-order valence-electron chi connectivity index (χ1n) is 11.7. The summed E-state index contributed by atoms with van der Waals surface area (Å²) in [7, 11) is 5.42. The third kappa shape index (κ3) is 3.71. The van der Waals surface area contributed by atoms with Crippen LogP contribution in [0.5, 0.6) is 5.88 Å². The number of ether oxygens (including phenoxy) is 1. The molecule has 3 aromatic heterocycles. The van der Waals surface area contributed by atoms with E-state index < -0.39 is 5.60 Å². The summed E-state index contributed by atoms with van der Waals surface area (Å²) >= 11 is 7.01. The number of nitrogens with zero attached hydrogens (tertiary/aromatic N) is 6. The van der Waals surface area contributed by atoms with Crippen LogP contribution in [-0.2, 0) is 26.2 Å². The van der Waals surface area contributed by atoms with Crippen molar-refractivity contribution in [3.05, 3.63) is 69.8 Å². The van der Waals surface area contributed by atoms with Crippen molar-refractivity contribution in [1.82, 2.24) is 29.0 Å². The van der Waals surface area contributed by atoms with E-state index in [1.54, 1.807) is 19.5 Å². The van der Waals surface area contributed by atoms with Crippen LogP contribution in [0.15, 0.2) is 30.6 Å². The van der Waals surface area contributed by atoms with E-state index >= 15 is 0 Å². The van der Waals surface area contributed by atoms with Gasteiger partial charge >= 0.3 is 0 Å². The summed E-state index contributed by atoms with van der Waals surface area (Å²) in [6.45, 7) is 8.78. The van der Waals surface area contributed by atoms with E-state index in [0.29, 0.717) is 45.8 Å². The molecular weight excluding hydrogens is 464 g/mol. The van der Waals surface area contributed by atoms with Crippen LogP contribution in [0.4, 0.5) is 0 Å². The van der Waals surface area contributed by atoms with Crippen molar-refractivity contribution >= 4 is 22.5 Å². The van der Waals surface area contributed by atoms with Gasteiger partial charge in [-0.15, -0.1) is 0 Å². The highest BCUT2D eigenvalue weighted by atomic mass is 35.5. The average Bonchev–Trinajstić information content (AvgIpc) is 3.34. The normalized spacial score (nSPS) is 15.1. The van der Waals surface area contributed by atoms with Gasteiger partial charge in [-0.2, -0.15) is 0 Å². The quantitative estimate of drug-likeness (QED) is 0.440. The molecule has 0 bridgehead atoms. The lowest BCUT2D eigenvalue weighted by atomic mass is 9.86. The van der Waals surface area contributed by atoms with Crippen molar-refractivity contribution in [3.63, 3.8) is 0 Å². The molecule has 1 N–H and O–H groups in total. The van der Waals surface area contributed by atoms with Crippen LogP contribution < -0.4 is 4.74 Å². The Hall–Kier alpha value is -2.94. The highest BCUT2D eigenvalue weighted by Crippen LogP contribution is 2.41. The molecule has 0 aliphatic carbocycles. The summed E-state index contributed by atoms with van der Waals surface area (Å²) in [6.07, 6.45) is 3.43. The zero-order valence-corrected chi connectivity index (χ0v) is 21.8. The molecule has 1 aromatic carbocycles. The van der Waals surface area contributed by atoms with E-state index in [1.165, 1.54) is 0 Å². The molecule has 4 heterocycles. The molecular formula is C26H31ClN6O2. The van der Waals surface area contributed by atoms with Gasteiger partial charge < -0.3 is 19.0 Å². The molecule has 0 radical (unpaired) electrons. The lowest BCUT2D eigenvalue weighted by Crippen LogP contribution is -2.44. The summed E-state index contributed by atoms with van der Waals surface area (Å²) < 4.78 is 9.41.